The van der Waals surface area contributed by atoms with Crippen LogP contribution in [0.1, 0.15) is 25.3 Å². The third-order valence-electron chi connectivity index (χ3n) is 5.80. The van der Waals surface area contributed by atoms with Gasteiger partial charge in [-0.1, -0.05) is 54.6 Å². The predicted molar refractivity (Wildman–Crippen MR) is 128 cm³/mol. The smallest absolute Gasteiger partial charge is 0.306 e. The summed E-state index contributed by atoms with van der Waals surface area (Å²) in [6.45, 7) is 4.44. The molecule has 0 aliphatic carbocycles. The fourth-order valence-corrected chi connectivity index (χ4v) is 3.93. The second-order valence-electron chi connectivity index (χ2n) is 8.22. The van der Waals surface area contributed by atoms with Gasteiger partial charge in [0.25, 0.3) is 0 Å². The molecule has 1 aliphatic heterocycles. The molecule has 0 atom stereocenters. The van der Waals surface area contributed by atoms with Crippen LogP contribution in [0.15, 0.2) is 78.9 Å². The summed E-state index contributed by atoms with van der Waals surface area (Å²) >= 11 is 0. The number of hydrogen-bond donors (Lipinski definition) is 0. The van der Waals surface area contributed by atoms with Gasteiger partial charge in [-0.3, -0.25) is 4.79 Å². The minimum Gasteiger partial charge on any atom is -0.493 e. The highest BCUT2D eigenvalue weighted by Crippen LogP contribution is 2.37. The van der Waals surface area contributed by atoms with E-state index in [0.717, 1.165) is 23.5 Å². The zero-order valence-electron chi connectivity index (χ0n) is 19.0. The molecule has 0 radical (unpaired) electrons. The molecule has 0 amide bonds. The Labute approximate surface area is 195 Å². The molecule has 0 N–H and O–H groups in total. The Kier molecular flexibility index (Phi) is 7.63. The zero-order valence-corrected chi connectivity index (χ0v) is 19.0. The highest BCUT2D eigenvalue weighted by Gasteiger charge is 2.42. The first-order valence-corrected chi connectivity index (χ1v) is 11.4. The van der Waals surface area contributed by atoms with Crippen molar-refractivity contribution in [1.29, 1.82) is 0 Å². The Morgan fingerprint density at radius 1 is 0.818 bits per heavy atom. The summed E-state index contributed by atoms with van der Waals surface area (Å²) in [5, 5.41) is 0. The third kappa shape index (κ3) is 5.93. The topological polar surface area (TPSA) is 54.0 Å². The summed E-state index contributed by atoms with van der Waals surface area (Å²) in [6.07, 6.45) is 1.12. The molecule has 33 heavy (non-hydrogen) atoms. The summed E-state index contributed by atoms with van der Waals surface area (Å²) in [4.78, 5) is 12.0. The molecule has 1 fully saturated rings. The molecule has 3 aromatic rings. The maximum Gasteiger partial charge on any atom is 0.306 e. The highest BCUT2D eigenvalue weighted by atomic mass is 16.5. The van der Waals surface area contributed by atoms with Gasteiger partial charge in [0.1, 0.15) is 11.5 Å². The van der Waals surface area contributed by atoms with Crippen LogP contribution in [-0.4, -0.2) is 39.0 Å². The van der Waals surface area contributed by atoms with Crippen LogP contribution in [0.25, 0.3) is 11.1 Å². The fraction of sp³-hybridized carbons (Fsp3) is 0.321. The summed E-state index contributed by atoms with van der Waals surface area (Å²) in [6, 6.07) is 26.4. The lowest BCUT2D eigenvalue weighted by Gasteiger charge is -2.41. The van der Waals surface area contributed by atoms with Gasteiger partial charge in [-0.05, 0) is 47.9 Å². The first-order valence-electron chi connectivity index (χ1n) is 11.4. The molecule has 0 saturated carbocycles. The predicted octanol–water partition coefficient (Wildman–Crippen LogP) is 5.42. The first kappa shape index (κ1) is 22.9. The number of carbonyl (C=O) groups excluding carboxylic acids is 1. The van der Waals surface area contributed by atoms with E-state index in [4.69, 9.17) is 18.9 Å². The Morgan fingerprint density at radius 2 is 1.39 bits per heavy atom. The van der Waals surface area contributed by atoms with Crippen LogP contribution in [0.5, 0.6) is 11.5 Å². The summed E-state index contributed by atoms with van der Waals surface area (Å²) in [7, 11) is 0. The minimum absolute atomic E-state index is 0.184. The number of esters is 1. The fourth-order valence-electron chi connectivity index (χ4n) is 3.93. The van der Waals surface area contributed by atoms with Crippen molar-refractivity contribution in [2.45, 2.75) is 25.2 Å². The Bertz CT molecular complexity index is 1010. The second kappa shape index (κ2) is 11.0. The van der Waals surface area contributed by atoms with Crippen molar-refractivity contribution in [2.75, 3.05) is 33.0 Å². The van der Waals surface area contributed by atoms with Crippen LogP contribution in [0.3, 0.4) is 0 Å². The molecular weight excluding hydrogens is 416 g/mol. The molecular formula is C28H30O5. The van der Waals surface area contributed by atoms with E-state index in [1.807, 2.05) is 61.5 Å². The van der Waals surface area contributed by atoms with Crippen LogP contribution in [0.2, 0.25) is 0 Å². The Hall–Kier alpha value is -3.31. The third-order valence-corrected chi connectivity index (χ3v) is 5.80. The van der Waals surface area contributed by atoms with Crippen molar-refractivity contribution in [3.05, 3.63) is 84.4 Å². The molecule has 1 saturated heterocycles. The van der Waals surface area contributed by atoms with Gasteiger partial charge in [0.15, 0.2) is 0 Å². The van der Waals surface area contributed by atoms with Gasteiger partial charge in [0.05, 0.1) is 44.9 Å². The zero-order chi connectivity index (χ0) is 22.9. The molecule has 0 unspecified atom stereocenters. The number of ether oxygens (including phenoxy) is 4. The normalized spacial score (nSPS) is 14.2. The van der Waals surface area contributed by atoms with E-state index in [1.165, 1.54) is 11.1 Å². The van der Waals surface area contributed by atoms with Crippen molar-refractivity contribution in [3.63, 3.8) is 0 Å². The maximum atomic E-state index is 12.0. The van der Waals surface area contributed by atoms with Crippen LogP contribution >= 0.6 is 0 Å². The molecule has 4 rings (SSSR count). The van der Waals surface area contributed by atoms with E-state index in [1.54, 1.807) is 0 Å². The van der Waals surface area contributed by atoms with Crippen molar-refractivity contribution < 1.29 is 23.7 Å². The quantitative estimate of drug-likeness (QED) is 0.291. The monoisotopic (exact) mass is 446 g/mol. The number of rotatable bonds is 11. The van der Waals surface area contributed by atoms with Gasteiger partial charge in [0, 0.05) is 6.42 Å². The van der Waals surface area contributed by atoms with Crippen molar-refractivity contribution in [3.8, 4) is 22.6 Å². The summed E-state index contributed by atoms with van der Waals surface area (Å²) < 4.78 is 22.2. The molecule has 5 nitrogen and oxygen atoms in total. The van der Waals surface area contributed by atoms with Crippen molar-refractivity contribution >= 4 is 5.97 Å². The lowest BCUT2D eigenvalue weighted by molar-refractivity contribution is -0.151. The van der Waals surface area contributed by atoms with Gasteiger partial charge in [-0.15, -0.1) is 0 Å². The Balaban J connectivity index is 1.20. The molecule has 5 heteroatoms. The maximum absolute atomic E-state index is 12.0. The largest absolute Gasteiger partial charge is 0.493 e. The van der Waals surface area contributed by atoms with Crippen molar-refractivity contribution in [1.82, 2.24) is 0 Å². The molecule has 0 aromatic heterocycles. The molecule has 0 spiro atoms. The highest BCUT2D eigenvalue weighted by molar-refractivity contribution is 5.72. The molecule has 1 heterocycles. The van der Waals surface area contributed by atoms with Gasteiger partial charge in [-0.2, -0.15) is 0 Å². The second-order valence-corrected chi connectivity index (χ2v) is 8.22. The standard InChI is InChI=1S/C28H30O5/c1-2-31-27(29)19-28(20-30-21-28)24-11-15-26(16-12-24)33-18-6-17-32-25-13-9-23(10-14-25)22-7-4-3-5-8-22/h3-5,7-16H,2,6,17-21H2,1H3. The van der Waals surface area contributed by atoms with E-state index in [2.05, 4.69) is 24.3 Å². The summed E-state index contributed by atoms with van der Waals surface area (Å²) in [5.41, 5.74) is 3.16. The van der Waals surface area contributed by atoms with Crippen LogP contribution < -0.4 is 9.47 Å². The van der Waals surface area contributed by atoms with Crippen LogP contribution in [-0.2, 0) is 19.7 Å². The van der Waals surface area contributed by atoms with E-state index in [-0.39, 0.29) is 11.4 Å². The molecule has 3 aromatic carbocycles. The lowest BCUT2D eigenvalue weighted by atomic mass is 9.76. The first-order chi connectivity index (χ1) is 16.2. The van der Waals surface area contributed by atoms with Crippen molar-refractivity contribution in [2.24, 2.45) is 0 Å². The molecule has 1 aliphatic rings. The van der Waals surface area contributed by atoms with E-state index >= 15 is 0 Å². The van der Waals surface area contributed by atoms with Gasteiger partial charge in [0.2, 0.25) is 0 Å². The lowest BCUT2D eigenvalue weighted by Crippen LogP contribution is -2.48. The van der Waals surface area contributed by atoms with Crippen LogP contribution in [0, 0.1) is 0 Å². The average molecular weight is 447 g/mol. The summed E-state index contributed by atoms with van der Waals surface area (Å²) in [5.74, 6) is 1.47. The van der Waals surface area contributed by atoms with E-state index in [0.29, 0.717) is 39.5 Å². The number of benzene rings is 3. The molecule has 172 valence electrons. The average Bonchev–Trinajstić information content (AvgIpc) is 2.83. The minimum atomic E-state index is -0.283. The van der Waals surface area contributed by atoms with E-state index < -0.39 is 0 Å². The van der Waals surface area contributed by atoms with Gasteiger partial charge < -0.3 is 18.9 Å². The molecule has 0 bridgehead atoms. The van der Waals surface area contributed by atoms with Gasteiger partial charge in [-0.25, -0.2) is 0 Å². The Morgan fingerprint density at radius 3 is 1.94 bits per heavy atom. The van der Waals surface area contributed by atoms with E-state index in [9.17, 15) is 4.79 Å². The number of hydrogen-bond acceptors (Lipinski definition) is 5. The SMILES string of the molecule is CCOC(=O)CC1(c2ccc(OCCCOc3ccc(-c4ccccc4)cc3)cc2)COC1. The van der Waals surface area contributed by atoms with Crippen LogP contribution in [0.4, 0.5) is 0 Å². The number of carbonyl (C=O) groups is 1. The van der Waals surface area contributed by atoms with Gasteiger partial charge >= 0.3 is 5.97 Å².